The van der Waals surface area contributed by atoms with Gasteiger partial charge < -0.3 is 10.5 Å². The highest BCUT2D eigenvalue weighted by Crippen LogP contribution is 2.23. The molecule has 0 saturated carbocycles. The average Bonchev–Trinajstić information content (AvgIpc) is 2.54. The van der Waals surface area contributed by atoms with E-state index in [0.29, 0.717) is 17.2 Å². The van der Waals surface area contributed by atoms with Crippen LogP contribution in [0, 0.1) is 0 Å². The van der Waals surface area contributed by atoms with Crippen LogP contribution in [0.3, 0.4) is 0 Å². The van der Waals surface area contributed by atoms with E-state index in [1.54, 1.807) is 24.3 Å². The van der Waals surface area contributed by atoms with Gasteiger partial charge in [-0.1, -0.05) is 24.3 Å². The summed E-state index contributed by atoms with van der Waals surface area (Å²) in [6.07, 6.45) is 0. The van der Waals surface area contributed by atoms with Crippen LogP contribution in [0.4, 0.5) is 5.82 Å². The highest BCUT2D eigenvalue weighted by molar-refractivity contribution is 5.91. The molecule has 2 aromatic carbocycles. The zero-order chi connectivity index (χ0) is 14.8. The highest BCUT2D eigenvalue weighted by atomic mass is 35.5. The number of fused-ring (bicyclic) bond motifs is 1. The van der Waals surface area contributed by atoms with Gasteiger partial charge >= 0.3 is 5.97 Å². The molecule has 6 heteroatoms. The first-order chi connectivity index (χ1) is 10.2. The molecule has 1 heterocycles. The second-order valence-corrected chi connectivity index (χ2v) is 4.52. The number of halogens is 1. The van der Waals surface area contributed by atoms with Crippen LogP contribution >= 0.6 is 12.4 Å². The number of hydrogen-bond acceptors (Lipinski definition) is 5. The molecule has 0 aliphatic carbocycles. The topological polar surface area (TPSA) is 78.1 Å². The molecule has 0 bridgehead atoms. The fourth-order valence-electron chi connectivity index (χ4n) is 2.10. The Hall–Kier alpha value is -2.66. The summed E-state index contributed by atoms with van der Waals surface area (Å²) >= 11 is 0. The third kappa shape index (κ3) is 2.84. The van der Waals surface area contributed by atoms with Crippen molar-refractivity contribution < 1.29 is 9.53 Å². The standard InChI is InChI=1S/C16H13N3O2.ClH/c1-21-16(20)11-8-6-10(7-9-11)15-18-13-5-3-2-4-12(13)14(17)19-15;/h2-9H,1H3,(H2,17,18,19);1H. The van der Waals surface area contributed by atoms with Crippen LogP contribution in [0.15, 0.2) is 48.5 Å². The predicted molar refractivity (Wildman–Crippen MR) is 88.0 cm³/mol. The predicted octanol–water partition coefficient (Wildman–Crippen LogP) is 3.09. The zero-order valence-corrected chi connectivity index (χ0v) is 12.6. The van der Waals surface area contributed by atoms with Crippen molar-refractivity contribution in [1.29, 1.82) is 0 Å². The fraction of sp³-hybridized carbons (Fsp3) is 0.0625. The Morgan fingerprint density at radius 1 is 1.05 bits per heavy atom. The van der Waals surface area contributed by atoms with E-state index in [1.165, 1.54) is 7.11 Å². The maximum Gasteiger partial charge on any atom is 0.337 e. The van der Waals surface area contributed by atoms with Gasteiger partial charge in [0.15, 0.2) is 5.82 Å². The van der Waals surface area contributed by atoms with Gasteiger partial charge in [-0.15, -0.1) is 12.4 Å². The van der Waals surface area contributed by atoms with E-state index in [-0.39, 0.29) is 18.4 Å². The number of carbonyl (C=O) groups is 1. The number of nitrogen functional groups attached to an aromatic ring is 1. The summed E-state index contributed by atoms with van der Waals surface area (Å²) in [7, 11) is 1.35. The molecular weight excluding hydrogens is 302 g/mol. The SMILES string of the molecule is COC(=O)c1ccc(-c2nc(N)c3ccccc3n2)cc1.Cl. The fourth-order valence-corrected chi connectivity index (χ4v) is 2.10. The molecule has 112 valence electrons. The van der Waals surface area contributed by atoms with Crippen molar-refractivity contribution in [2.45, 2.75) is 0 Å². The maximum atomic E-state index is 11.4. The first kappa shape index (κ1) is 15.7. The molecule has 0 unspecified atom stereocenters. The lowest BCUT2D eigenvalue weighted by atomic mass is 10.1. The second kappa shape index (κ2) is 6.41. The number of aromatic nitrogens is 2. The largest absolute Gasteiger partial charge is 0.465 e. The first-order valence-electron chi connectivity index (χ1n) is 6.40. The van der Waals surface area contributed by atoms with Crippen LogP contribution in [0.2, 0.25) is 0 Å². The van der Waals surface area contributed by atoms with E-state index in [4.69, 9.17) is 5.73 Å². The number of methoxy groups -OCH3 is 1. The van der Waals surface area contributed by atoms with Gasteiger partial charge in [0.1, 0.15) is 5.82 Å². The lowest BCUT2D eigenvalue weighted by Gasteiger charge is -2.06. The van der Waals surface area contributed by atoms with E-state index in [1.807, 2.05) is 24.3 Å². The monoisotopic (exact) mass is 315 g/mol. The molecule has 0 amide bonds. The normalized spacial score (nSPS) is 10.0. The molecule has 0 aliphatic heterocycles. The van der Waals surface area contributed by atoms with Crippen molar-refractivity contribution in [2.75, 3.05) is 12.8 Å². The van der Waals surface area contributed by atoms with Crippen LogP contribution in [-0.2, 0) is 4.74 Å². The van der Waals surface area contributed by atoms with E-state index in [9.17, 15) is 4.79 Å². The highest BCUT2D eigenvalue weighted by Gasteiger charge is 2.09. The van der Waals surface area contributed by atoms with Crippen molar-refractivity contribution >= 4 is 35.1 Å². The third-order valence-corrected chi connectivity index (χ3v) is 3.20. The molecule has 2 N–H and O–H groups in total. The van der Waals surface area contributed by atoms with Crippen molar-refractivity contribution in [3.05, 3.63) is 54.1 Å². The van der Waals surface area contributed by atoms with Crippen LogP contribution in [0.5, 0.6) is 0 Å². The van der Waals surface area contributed by atoms with Crippen molar-refractivity contribution in [2.24, 2.45) is 0 Å². The van der Waals surface area contributed by atoms with Gasteiger partial charge in [0.2, 0.25) is 0 Å². The molecule has 0 aliphatic rings. The Morgan fingerprint density at radius 2 is 1.73 bits per heavy atom. The number of anilines is 1. The molecular formula is C16H14ClN3O2. The Balaban J connectivity index is 0.00000176. The number of para-hydroxylation sites is 1. The summed E-state index contributed by atoms with van der Waals surface area (Å²) in [6, 6.07) is 14.5. The maximum absolute atomic E-state index is 11.4. The minimum atomic E-state index is -0.375. The molecule has 3 rings (SSSR count). The van der Waals surface area contributed by atoms with Crippen LogP contribution < -0.4 is 5.73 Å². The zero-order valence-electron chi connectivity index (χ0n) is 11.8. The number of hydrogen-bond donors (Lipinski definition) is 1. The van der Waals surface area contributed by atoms with Gasteiger partial charge in [0, 0.05) is 10.9 Å². The van der Waals surface area contributed by atoms with E-state index >= 15 is 0 Å². The molecule has 3 aromatic rings. The summed E-state index contributed by atoms with van der Waals surface area (Å²) in [5, 5.41) is 0.826. The molecule has 22 heavy (non-hydrogen) atoms. The van der Waals surface area contributed by atoms with E-state index < -0.39 is 0 Å². The first-order valence-corrected chi connectivity index (χ1v) is 6.40. The summed E-state index contributed by atoms with van der Waals surface area (Å²) in [6.45, 7) is 0. The summed E-state index contributed by atoms with van der Waals surface area (Å²) in [5.41, 5.74) is 8.03. The number of carbonyl (C=O) groups excluding carboxylic acids is 1. The Bertz CT molecular complexity index is 819. The average molecular weight is 316 g/mol. The van der Waals surface area contributed by atoms with Crippen LogP contribution in [0.1, 0.15) is 10.4 Å². The second-order valence-electron chi connectivity index (χ2n) is 4.52. The molecule has 0 spiro atoms. The molecule has 5 nitrogen and oxygen atoms in total. The van der Waals surface area contributed by atoms with Crippen molar-refractivity contribution in [3.63, 3.8) is 0 Å². The van der Waals surface area contributed by atoms with E-state index in [0.717, 1.165) is 16.5 Å². The van der Waals surface area contributed by atoms with Gasteiger partial charge in [-0.05, 0) is 24.3 Å². The summed E-state index contributed by atoms with van der Waals surface area (Å²) < 4.78 is 4.67. The molecule has 0 radical (unpaired) electrons. The lowest BCUT2D eigenvalue weighted by Crippen LogP contribution is -2.01. The Kier molecular flexibility index (Phi) is 4.58. The number of nitrogens with two attached hydrogens (primary N) is 1. The Morgan fingerprint density at radius 3 is 2.41 bits per heavy atom. The number of benzene rings is 2. The molecule has 0 saturated heterocycles. The van der Waals surface area contributed by atoms with Gasteiger partial charge in [-0.25, -0.2) is 14.8 Å². The molecule has 1 aromatic heterocycles. The lowest BCUT2D eigenvalue weighted by molar-refractivity contribution is 0.0601. The molecule has 0 atom stereocenters. The van der Waals surface area contributed by atoms with Crippen molar-refractivity contribution in [1.82, 2.24) is 9.97 Å². The van der Waals surface area contributed by atoms with Gasteiger partial charge in [-0.3, -0.25) is 0 Å². The van der Waals surface area contributed by atoms with Gasteiger partial charge in [0.25, 0.3) is 0 Å². The Labute approximate surface area is 133 Å². The van der Waals surface area contributed by atoms with Gasteiger partial charge in [0.05, 0.1) is 18.2 Å². The van der Waals surface area contributed by atoms with Crippen LogP contribution in [-0.4, -0.2) is 23.0 Å². The molecule has 0 fully saturated rings. The number of rotatable bonds is 2. The summed E-state index contributed by atoms with van der Waals surface area (Å²) in [5.74, 6) is 0.593. The minimum Gasteiger partial charge on any atom is -0.465 e. The van der Waals surface area contributed by atoms with Crippen LogP contribution in [0.25, 0.3) is 22.3 Å². The number of nitrogens with zero attached hydrogens (tertiary/aromatic N) is 2. The van der Waals surface area contributed by atoms with Crippen molar-refractivity contribution in [3.8, 4) is 11.4 Å². The number of esters is 1. The quantitative estimate of drug-likeness (QED) is 0.735. The van der Waals surface area contributed by atoms with Gasteiger partial charge in [-0.2, -0.15) is 0 Å². The summed E-state index contributed by atoms with van der Waals surface area (Å²) in [4.78, 5) is 20.2. The third-order valence-electron chi connectivity index (χ3n) is 3.20. The van der Waals surface area contributed by atoms with E-state index in [2.05, 4.69) is 14.7 Å². The smallest absolute Gasteiger partial charge is 0.337 e. The number of ether oxygens (including phenoxy) is 1. The minimum absolute atomic E-state index is 0.